The summed E-state index contributed by atoms with van der Waals surface area (Å²) in [6.07, 6.45) is 6.85. The normalized spacial score (nSPS) is 26.3. The lowest BCUT2D eigenvalue weighted by Crippen LogP contribution is -2.39. The Balaban J connectivity index is 1.35. The molecule has 5 heteroatoms. The summed E-state index contributed by atoms with van der Waals surface area (Å²) in [5.41, 5.74) is 0.706. The molecular weight excluding hydrogens is 359 g/mol. The molecule has 2 unspecified atom stereocenters. The quantitative estimate of drug-likeness (QED) is 0.738. The van der Waals surface area contributed by atoms with E-state index in [2.05, 4.69) is 26.6 Å². The SMILES string of the molecule is O=C(CC1CC2CCC(C1)N2)NCCCc1ccc(Br)cc1F. The molecule has 2 bridgehead atoms. The molecule has 2 heterocycles. The molecule has 3 nitrogen and oxygen atoms in total. The third kappa shape index (κ3) is 4.77. The van der Waals surface area contributed by atoms with Gasteiger partial charge >= 0.3 is 0 Å². The van der Waals surface area contributed by atoms with Crippen LogP contribution in [0.3, 0.4) is 0 Å². The Kier molecular flexibility index (Phi) is 5.70. The molecule has 1 aromatic carbocycles. The lowest BCUT2D eigenvalue weighted by molar-refractivity contribution is -0.122. The molecule has 23 heavy (non-hydrogen) atoms. The predicted octanol–water partition coefficient (Wildman–Crippen LogP) is 3.56. The van der Waals surface area contributed by atoms with Gasteiger partial charge in [0.05, 0.1) is 0 Å². The van der Waals surface area contributed by atoms with Crippen molar-refractivity contribution < 1.29 is 9.18 Å². The molecule has 2 aliphatic heterocycles. The molecule has 0 aromatic heterocycles. The Morgan fingerprint density at radius 1 is 1.30 bits per heavy atom. The molecule has 2 atom stereocenters. The second kappa shape index (κ2) is 7.75. The lowest BCUT2D eigenvalue weighted by Gasteiger charge is -2.28. The van der Waals surface area contributed by atoms with E-state index in [9.17, 15) is 9.18 Å². The number of benzene rings is 1. The summed E-state index contributed by atoms with van der Waals surface area (Å²) in [4.78, 5) is 12.1. The maximum atomic E-state index is 13.7. The highest BCUT2D eigenvalue weighted by Crippen LogP contribution is 2.32. The van der Waals surface area contributed by atoms with E-state index in [-0.39, 0.29) is 11.7 Å². The van der Waals surface area contributed by atoms with Crippen molar-refractivity contribution in [2.45, 2.75) is 57.0 Å². The van der Waals surface area contributed by atoms with E-state index in [1.165, 1.54) is 18.9 Å². The Labute approximate surface area is 145 Å². The van der Waals surface area contributed by atoms with Gasteiger partial charge in [-0.15, -0.1) is 0 Å². The van der Waals surface area contributed by atoms with Crippen molar-refractivity contribution in [3.63, 3.8) is 0 Å². The zero-order valence-electron chi connectivity index (χ0n) is 13.3. The van der Waals surface area contributed by atoms with Crippen LogP contribution in [0.1, 0.15) is 44.1 Å². The summed E-state index contributed by atoms with van der Waals surface area (Å²) >= 11 is 3.26. The number of aryl methyl sites for hydroxylation is 1. The van der Waals surface area contributed by atoms with E-state index in [1.807, 2.05) is 6.07 Å². The standard InChI is InChI=1S/C18H24BrFN2O/c19-14-4-3-13(17(20)11-14)2-1-7-21-18(23)10-12-8-15-5-6-16(9-12)22-15/h3-4,11-12,15-16,22H,1-2,5-10H2,(H,21,23). The van der Waals surface area contributed by atoms with Gasteiger partial charge in [0, 0.05) is 29.5 Å². The van der Waals surface area contributed by atoms with Gasteiger partial charge in [0.15, 0.2) is 0 Å². The van der Waals surface area contributed by atoms with Gasteiger partial charge < -0.3 is 10.6 Å². The first kappa shape index (κ1) is 16.9. The maximum Gasteiger partial charge on any atom is 0.220 e. The van der Waals surface area contributed by atoms with Crippen molar-refractivity contribution in [2.75, 3.05) is 6.54 Å². The first-order chi connectivity index (χ1) is 11.1. The molecule has 126 valence electrons. The van der Waals surface area contributed by atoms with Crippen molar-refractivity contribution in [2.24, 2.45) is 5.92 Å². The molecule has 0 aliphatic carbocycles. The third-order valence-corrected chi connectivity index (χ3v) is 5.50. The topological polar surface area (TPSA) is 41.1 Å². The summed E-state index contributed by atoms with van der Waals surface area (Å²) in [5.74, 6) is 0.487. The molecular formula is C18H24BrFN2O. The van der Waals surface area contributed by atoms with Crippen LogP contribution < -0.4 is 10.6 Å². The molecule has 2 aliphatic rings. The van der Waals surface area contributed by atoms with Crippen molar-refractivity contribution in [1.29, 1.82) is 0 Å². The lowest BCUT2D eigenvalue weighted by atomic mass is 9.89. The van der Waals surface area contributed by atoms with Crippen molar-refractivity contribution in [3.05, 3.63) is 34.1 Å². The van der Waals surface area contributed by atoms with Crippen molar-refractivity contribution in [3.8, 4) is 0 Å². The van der Waals surface area contributed by atoms with Crippen LogP contribution in [-0.4, -0.2) is 24.5 Å². The minimum atomic E-state index is -0.184. The van der Waals surface area contributed by atoms with Crippen LogP contribution in [0, 0.1) is 11.7 Å². The van der Waals surface area contributed by atoms with Gasteiger partial charge in [-0.3, -0.25) is 4.79 Å². The molecule has 1 amide bonds. The monoisotopic (exact) mass is 382 g/mol. The summed E-state index contributed by atoms with van der Waals surface area (Å²) in [6.45, 7) is 0.617. The number of amides is 1. The number of rotatable bonds is 6. The highest BCUT2D eigenvalue weighted by molar-refractivity contribution is 9.10. The zero-order valence-corrected chi connectivity index (χ0v) is 14.9. The van der Waals surface area contributed by atoms with Gasteiger partial charge in [-0.05, 0) is 62.1 Å². The van der Waals surface area contributed by atoms with E-state index in [0.29, 0.717) is 43.0 Å². The Morgan fingerprint density at radius 3 is 2.74 bits per heavy atom. The van der Waals surface area contributed by atoms with Crippen LogP contribution in [-0.2, 0) is 11.2 Å². The van der Waals surface area contributed by atoms with E-state index < -0.39 is 0 Å². The zero-order chi connectivity index (χ0) is 16.2. The van der Waals surface area contributed by atoms with E-state index in [0.717, 1.165) is 23.7 Å². The summed E-state index contributed by atoms with van der Waals surface area (Å²) in [7, 11) is 0. The number of piperidine rings is 1. The van der Waals surface area contributed by atoms with Gasteiger partial charge in [0.25, 0.3) is 0 Å². The smallest absolute Gasteiger partial charge is 0.220 e. The fraction of sp³-hybridized carbons (Fsp3) is 0.611. The molecule has 1 aromatic rings. The van der Waals surface area contributed by atoms with Crippen molar-refractivity contribution in [1.82, 2.24) is 10.6 Å². The molecule has 0 radical (unpaired) electrons. The fourth-order valence-corrected chi connectivity index (χ4v) is 4.24. The minimum absolute atomic E-state index is 0.146. The number of nitrogens with one attached hydrogen (secondary N) is 2. The largest absolute Gasteiger partial charge is 0.356 e. The number of carbonyl (C=O) groups is 1. The van der Waals surface area contributed by atoms with Crippen LogP contribution in [0.2, 0.25) is 0 Å². The first-order valence-electron chi connectivity index (χ1n) is 8.57. The number of hydrogen-bond acceptors (Lipinski definition) is 2. The van der Waals surface area contributed by atoms with Crippen LogP contribution in [0.25, 0.3) is 0 Å². The third-order valence-electron chi connectivity index (χ3n) is 5.00. The minimum Gasteiger partial charge on any atom is -0.356 e. The van der Waals surface area contributed by atoms with Gasteiger partial charge in [0.1, 0.15) is 5.82 Å². The number of carbonyl (C=O) groups excluding carboxylic acids is 1. The molecule has 3 rings (SSSR count). The second-order valence-electron chi connectivity index (χ2n) is 6.87. The van der Waals surface area contributed by atoms with Crippen LogP contribution >= 0.6 is 15.9 Å². The van der Waals surface area contributed by atoms with Crippen molar-refractivity contribution >= 4 is 21.8 Å². The van der Waals surface area contributed by atoms with Crippen LogP contribution in [0.15, 0.2) is 22.7 Å². The average Bonchev–Trinajstić information content (AvgIpc) is 2.84. The maximum absolute atomic E-state index is 13.7. The summed E-state index contributed by atoms with van der Waals surface area (Å²) in [6, 6.07) is 6.40. The number of hydrogen-bond donors (Lipinski definition) is 2. The van der Waals surface area contributed by atoms with Crippen LogP contribution in [0.4, 0.5) is 4.39 Å². The highest BCUT2D eigenvalue weighted by Gasteiger charge is 2.33. The van der Waals surface area contributed by atoms with Crippen LogP contribution in [0.5, 0.6) is 0 Å². The number of fused-ring (bicyclic) bond motifs is 2. The second-order valence-corrected chi connectivity index (χ2v) is 7.78. The predicted molar refractivity (Wildman–Crippen MR) is 92.7 cm³/mol. The first-order valence-corrected chi connectivity index (χ1v) is 9.36. The van der Waals surface area contributed by atoms with E-state index in [4.69, 9.17) is 0 Å². The molecule has 2 saturated heterocycles. The van der Waals surface area contributed by atoms with Gasteiger partial charge in [-0.1, -0.05) is 22.0 Å². The van der Waals surface area contributed by atoms with Gasteiger partial charge in [-0.2, -0.15) is 0 Å². The van der Waals surface area contributed by atoms with Gasteiger partial charge in [-0.25, -0.2) is 4.39 Å². The highest BCUT2D eigenvalue weighted by atomic mass is 79.9. The summed E-state index contributed by atoms with van der Waals surface area (Å²) < 4.78 is 14.5. The van der Waals surface area contributed by atoms with E-state index >= 15 is 0 Å². The fourth-order valence-electron chi connectivity index (χ4n) is 3.91. The average molecular weight is 383 g/mol. The molecule has 2 N–H and O–H groups in total. The Bertz CT molecular complexity index is 554. The Hall–Kier alpha value is -0.940. The molecule has 2 fully saturated rings. The molecule has 0 saturated carbocycles. The van der Waals surface area contributed by atoms with Gasteiger partial charge in [0.2, 0.25) is 5.91 Å². The molecule has 0 spiro atoms. The Morgan fingerprint density at radius 2 is 2.04 bits per heavy atom. The number of halogens is 2. The summed E-state index contributed by atoms with van der Waals surface area (Å²) in [5, 5.41) is 6.59. The van der Waals surface area contributed by atoms with E-state index in [1.54, 1.807) is 6.07 Å².